The van der Waals surface area contributed by atoms with E-state index in [1.807, 2.05) is 26.8 Å². The standard InChI is InChI=1S/C20H25FN2O2/c1-14-10-19(20(24)13-22-8-9-25-15(2)11-22)16(3)23(14)12-17-4-6-18(21)7-5-17/h4-7,10,15H,8-9,11-13H2,1-3H3. The molecule has 0 saturated carbocycles. The van der Waals surface area contributed by atoms with E-state index in [0.29, 0.717) is 19.7 Å². The Morgan fingerprint density at radius 3 is 2.68 bits per heavy atom. The average molecular weight is 344 g/mol. The maximum absolute atomic E-state index is 13.1. The van der Waals surface area contributed by atoms with Crippen LogP contribution in [-0.2, 0) is 11.3 Å². The second-order valence-corrected chi connectivity index (χ2v) is 6.84. The monoisotopic (exact) mass is 344 g/mol. The number of carbonyl (C=O) groups is 1. The van der Waals surface area contributed by atoms with E-state index in [4.69, 9.17) is 4.74 Å². The summed E-state index contributed by atoms with van der Waals surface area (Å²) >= 11 is 0. The summed E-state index contributed by atoms with van der Waals surface area (Å²) in [5.41, 5.74) is 3.80. The van der Waals surface area contributed by atoms with Gasteiger partial charge in [-0.05, 0) is 44.5 Å². The summed E-state index contributed by atoms with van der Waals surface area (Å²) in [5, 5.41) is 0. The molecule has 1 atom stereocenters. The van der Waals surface area contributed by atoms with Gasteiger partial charge in [-0.1, -0.05) is 12.1 Å². The zero-order valence-electron chi connectivity index (χ0n) is 15.1. The topological polar surface area (TPSA) is 34.5 Å². The van der Waals surface area contributed by atoms with Gasteiger partial charge in [0, 0.05) is 36.6 Å². The number of benzene rings is 1. The molecule has 25 heavy (non-hydrogen) atoms. The molecule has 2 heterocycles. The number of rotatable bonds is 5. The van der Waals surface area contributed by atoms with Gasteiger partial charge in [0.2, 0.25) is 0 Å². The van der Waals surface area contributed by atoms with Crippen LogP contribution in [0.2, 0.25) is 0 Å². The number of ether oxygens (including phenoxy) is 1. The van der Waals surface area contributed by atoms with Crippen LogP contribution in [0.1, 0.15) is 34.2 Å². The lowest BCUT2D eigenvalue weighted by molar-refractivity contribution is -0.0158. The number of hydrogen-bond acceptors (Lipinski definition) is 3. The molecule has 1 aliphatic heterocycles. The Balaban J connectivity index is 1.74. The number of aromatic nitrogens is 1. The van der Waals surface area contributed by atoms with Gasteiger partial charge < -0.3 is 9.30 Å². The van der Waals surface area contributed by atoms with Gasteiger partial charge in [0.15, 0.2) is 5.78 Å². The Kier molecular flexibility index (Phi) is 5.35. The van der Waals surface area contributed by atoms with Crippen LogP contribution in [0.3, 0.4) is 0 Å². The van der Waals surface area contributed by atoms with Gasteiger partial charge in [0.25, 0.3) is 0 Å². The molecule has 2 aromatic rings. The molecule has 0 aliphatic carbocycles. The van der Waals surface area contributed by atoms with Crippen molar-refractivity contribution in [1.82, 2.24) is 9.47 Å². The fraction of sp³-hybridized carbons (Fsp3) is 0.450. The first-order valence-corrected chi connectivity index (χ1v) is 8.72. The normalized spacial score (nSPS) is 18.5. The van der Waals surface area contributed by atoms with Crippen molar-refractivity contribution in [3.05, 3.63) is 58.7 Å². The lowest BCUT2D eigenvalue weighted by atomic mass is 10.1. The smallest absolute Gasteiger partial charge is 0.178 e. The number of aryl methyl sites for hydroxylation is 1. The third-order valence-corrected chi connectivity index (χ3v) is 4.82. The van der Waals surface area contributed by atoms with Gasteiger partial charge in [0.1, 0.15) is 5.82 Å². The fourth-order valence-corrected chi connectivity index (χ4v) is 3.42. The maximum atomic E-state index is 13.1. The molecule has 3 rings (SSSR count). The number of halogens is 1. The van der Waals surface area contributed by atoms with Crippen LogP contribution in [0.25, 0.3) is 0 Å². The molecule has 0 spiro atoms. The van der Waals surface area contributed by atoms with Crippen molar-refractivity contribution in [3.8, 4) is 0 Å². The first-order chi connectivity index (χ1) is 11.9. The number of ketones is 1. The Morgan fingerprint density at radius 1 is 1.28 bits per heavy atom. The molecule has 5 heteroatoms. The van der Waals surface area contributed by atoms with Crippen molar-refractivity contribution in [2.24, 2.45) is 0 Å². The molecule has 1 aromatic heterocycles. The van der Waals surface area contributed by atoms with E-state index in [1.165, 1.54) is 12.1 Å². The lowest BCUT2D eigenvalue weighted by Gasteiger charge is -2.30. The number of Topliss-reactive ketones (excluding diaryl/α,β-unsaturated/α-hetero) is 1. The van der Waals surface area contributed by atoms with Gasteiger partial charge in [-0.2, -0.15) is 0 Å². The van der Waals surface area contributed by atoms with E-state index in [9.17, 15) is 9.18 Å². The van der Waals surface area contributed by atoms with Gasteiger partial charge >= 0.3 is 0 Å². The van der Waals surface area contributed by atoms with E-state index in [1.54, 1.807) is 12.1 Å². The van der Waals surface area contributed by atoms with Crippen LogP contribution in [0, 0.1) is 19.7 Å². The predicted molar refractivity (Wildman–Crippen MR) is 95.6 cm³/mol. The molecule has 0 N–H and O–H groups in total. The molecule has 0 radical (unpaired) electrons. The van der Waals surface area contributed by atoms with E-state index in [2.05, 4.69) is 9.47 Å². The highest BCUT2D eigenvalue weighted by Gasteiger charge is 2.22. The molecular weight excluding hydrogens is 319 g/mol. The third-order valence-electron chi connectivity index (χ3n) is 4.82. The van der Waals surface area contributed by atoms with Crippen LogP contribution < -0.4 is 0 Å². The number of carbonyl (C=O) groups excluding carboxylic acids is 1. The van der Waals surface area contributed by atoms with E-state index in [-0.39, 0.29) is 17.7 Å². The zero-order chi connectivity index (χ0) is 18.0. The number of hydrogen-bond donors (Lipinski definition) is 0. The Morgan fingerprint density at radius 2 is 2.00 bits per heavy atom. The molecule has 1 unspecified atom stereocenters. The molecular formula is C20H25FN2O2. The van der Waals surface area contributed by atoms with E-state index < -0.39 is 0 Å². The lowest BCUT2D eigenvalue weighted by Crippen LogP contribution is -2.43. The van der Waals surface area contributed by atoms with E-state index >= 15 is 0 Å². The summed E-state index contributed by atoms with van der Waals surface area (Å²) in [6.45, 7) is 9.35. The van der Waals surface area contributed by atoms with Gasteiger partial charge in [0.05, 0.1) is 19.3 Å². The molecule has 4 nitrogen and oxygen atoms in total. The second-order valence-electron chi connectivity index (χ2n) is 6.84. The fourth-order valence-electron chi connectivity index (χ4n) is 3.42. The van der Waals surface area contributed by atoms with Crippen LogP contribution in [0.15, 0.2) is 30.3 Å². The maximum Gasteiger partial charge on any atom is 0.178 e. The first-order valence-electron chi connectivity index (χ1n) is 8.72. The van der Waals surface area contributed by atoms with Gasteiger partial charge in [-0.15, -0.1) is 0 Å². The zero-order valence-corrected chi connectivity index (χ0v) is 15.1. The van der Waals surface area contributed by atoms with E-state index in [0.717, 1.165) is 35.6 Å². The average Bonchev–Trinajstić information content (AvgIpc) is 2.85. The summed E-state index contributed by atoms with van der Waals surface area (Å²) < 4.78 is 20.7. The van der Waals surface area contributed by atoms with Crippen LogP contribution in [0.5, 0.6) is 0 Å². The van der Waals surface area contributed by atoms with Crippen molar-refractivity contribution in [2.45, 2.75) is 33.4 Å². The largest absolute Gasteiger partial charge is 0.376 e. The number of nitrogens with zero attached hydrogens (tertiary/aromatic N) is 2. The van der Waals surface area contributed by atoms with Gasteiger partial charge in [-0.25, -0.2) is 4.39 Å². The minimum atomic E-state index is -0.236. The van der Waals surface area contributed by atoms with Gasteiger partial charge in [-0.3, -0.25) is 9.69 Å². The summed E-state index contributed by atoms with van der Waals surface area (Å²) in [6.07, 6.45) is 0.174. The Bertz CT molecular complexity index is 752. The second kappa shape index (κ2) is 7.50. The quantitative estimate of drug-likeness (QED) is 0.781. The van der Waals surface area contributed by atoms with Crippen molar-refractivity contribution in [1.29, 1.82) is 0 Å². The van der Waals surface area contributed by atoms with Crippen LogP contribution in [-0.4, -0.2) is 47.6 Å². The molecule has 1 fully saturated rings. The molecule has 0 bridgehead atoms. The minimum Gasteiger partial charge on any atom is -0.376 e. The number of morpholine rings is 1. The highest BCUT2D eigenvalue weighted by atomic mass is 19.1. The summed E-state index contributed by atoms with van der Waals surface area (Å²) in [4.78, 5) is 14.9. The first kappa shape index (κ1) is 17.8. The van der Waals surface area contributed by atoms with Crippen molar-refractivity contribution < 1.29 is 13.9 Å². The van der Waals surface area contributed by atoms with Crippen molar-refractivity contribution in [2.75, 3.05) is 26.2 Å². The molecule has 1 aliphatic rings. The third kappa shape index (κ3) is 4.17. The van der Waals surface area contributed by atoms with Crippen LogP contribution in [0.4, 0.5) is 4.39 Å². The summed E-state index contributed by atoms with van der Waals surface area (Å²) in [7, 11) is 0. The SMILES string of the molecule is Cc1cc(C(=O)CN2CCOC(C)C2)c(C)n1Cc1ccc(F)cc1. The Labute approximate surface area is 148 Å². The molecule has 1 aromatic carbocycles. The highest BCUT2D eigenvalue weighted by molar-refractivity contribution is 5.99. The molecule has 134 valence electrons. The summed E-state index contributed by atoms with van der Waals surface area (Å²) in [6, 6.07) is 8.46. The molecule has 1 saturated heterocycles. The predicted octanol–water partition coefficient (Wildman–Crippen LogP) is 3.20. The summed E-state index contributed by atoms with van der Waals surface area (Å²) in [5.74, 6) is -0.0899. The molecule has 0 amide bonds. The van der Waals surface area contributed by atoms with Crippen LogP contribution >= 0.6 is 0 Å². The van der Waals surface area contributed by atoms with Crippen molar-refractivity contribution >= 4 is 5.78 Å². The highest BCUT2D eigenvalue weighted by Crippen LogP contribution is 2.19. The Hall–Kier alpha value is -1.98. The van der Waals surface area contributed by atoms with Crippen molar-refractivity contribution in [3.63, 3.8) is 0 Å². The minimum absolute atomic E-state index is 0.146.